The maximum absolute atomic E-state index is 12.2. The molecule has 0 saturated carbocycles. The topological polar surface area (TPSA) is 66.9 Å². The fourth-order valence-electron chi connectivity index (χ4n) is 2.14. The van der Waals surface area contributed by atoms with Crippen LogP contribution in [0.15, 0.2) is 60.9 Å². The van der Waals surface area contributed by atoms with E-state index in [0.29, 0.717) is 16.5 Å². The van der Waals surface area contributed by atoms with E-state index in [9.17, 15) is 4.79 Å². The molecule has 0 atom stereocenters. The van der Waals surface area contributed by atoms with Crippen molar-refractivity contribution in [1.82, 2.24) is 9.97 Å². The zero-order valence-electron chi connectivity index (χ0n) is 13.0. The number of aromatic nitrogens is 2. The second-order valence-corrected chi connectivity index (χ2v) is 5.68. The second kappa shape index (κ2) is 7.10. The monoisotopic (exact) mass is 338 g/mol. The van der Waals surface area contributed by atoms with Crippen LogP contribution in [0.4, 0.5) is 17.2 Å². The van der Waals surface area contributed by atoms with Crippen molar-refractivity contribution in [2.75, 3.05) is 10.6 Å². The lowest BCUT2D eigenvalue weighted by molar-refractivity contribution is 0.102. The lowest BCUT2D eigenvalue weighted by Crippen LogP contribution is -2.14. The lowest BCUT2D eigenvalue weighted by atomic mass is 10.2. The molecule has 0 unspecified atom stereocenters. The Labute approximate surface area is 144 Å². The van der Waals surface area contributed by atoms with Crippen molar-refractivity contribution in [1.29, 1.82) is 0 Å². The van der Waals surface area contributed by atoms with E-state index in [1.807, 2.05) is 31.2 Å². The van der Waals surface area contributed by atoms with E-state index in [-0.39, 0.29) is 11.6 Å². The Morgan fingerprint density at radius 2 is 1.79 bits per heavy atom. The zero-order chi connectivity index (χ0) is 16.9. The van der Waals surface area contributed by atoms with Crippen molar-refractivity contribution < 1.29 is 4.79 Å². The van der Waals surface area contributed by atoms with E-state index in [1.165, 1.54) is 12.4 Å². The van der Waals surface area contributed by atoms with Crippen LogP contribution in [0.5, 0.6) is 0 Å². The Kier molecular flexibility index (Phi) is 4.72. The molecule has 0 spiro atoms. The number of nitrogens with one attached hydrogen (secondary N) is 2. The quantitative estimate of drug-likeness (QED) is 0.738. The number of hydrogen-bond donors (Lipinski definition) is 2. The summed E-state index contributed by atoms with van der Waals surface area (Å²) in [5, 5.41) is 6.43. The van der Waals surface area contributed by atoms with Gasteiger partial charge in [-0.05, 0) is 42.8 Å². The van der Waals surface area contributed by atoms with Gasteiger partial charge in [-0.1, -0.05) is 29.8 Å². The number of rotatable bonds is 4. The maximum Gasteiger partial charge on any atom is 0.275 e. The molecular formula is C18H15ClN4O. The average molecular weight is 339 g/mol. The van der Waals surface area contributed by atoms with E-state index in [1.54, 1.807) is 24.3 Å². The first kappa shape index (κ1) is 16.0. The fraction of sp³-hybridized carbons (Fsp3) is 0.0556. The number of carbonyl (C=O) groups is 1. The molecule has 0 radical (unpaired) electrons. The van der Waals surface area contributed by atoms with Gasteiger partial charge < -0.3 is 10.6 Å². The number of benzene rings is 2. The number of carbonyl (C=O) groups excluding carboxylic acids is 1. The summed E-state index contributed by atoms with van der Waals surface area (Å²) in [6.45, 7) is 2.01. The standard InChI is InChI=1S/C18H15ClN4O/c1-12-4-2-6-14(8-12)22-17-11-20-16(10-21-17)18(24)23-15-7-3-5-13(19)9-15/h2-11H,1H3,(H,21,22)(H,23,24). The minimum atomic E-state index is -0.341. The summed E-state index contributed by atoms with van der Waals surface area (Å²) in [5.41, 5.74) is 2.90. The summed E-state index contributed by atoms with van der Waals surface area (Å²) in [6, 6.07) is 14.8. The molecule has 5 nitrogen and oxygen atoms in total. The van der Waals surface area contributed by atoms with E-state index >= 15 is 0 Å². The maximum atomic E-state index is 12.2. The Morgan fingerprint density at radius 1 is 1.00 bits per heavy atom. The Hall–Kier alpha value is -2.92. The van der Waals surface area contributed by atoms with E-state index in [2.05, 4.69) is 20.6 Å². The number of halogens is 1. The summed E-state index contributed by atoms with van der Waals surface area (Å²) < 4.78 is 0. The van der Waals surface area contributed by atoms with Crippen LogP contribution in [-0.4, -0.2) is 15.9 Å². The van der Waals surface area contributed by atoms with Crippen molar-refractivity contribution in [3.05, 3.63) is 77.2 Å². The van der Waals surface area contributed by atoms with E-state index < -0.39 is 0 Å². The van der Waals surface area contributed by atoms with Gasteiger partial charge in [0, 0.05) is 16.4 Å². The molecule has 120 valence electrons. The fourth-order valence-corrected chi connectivity index (χ4v) is 2.33. The van der Waals surface area contributed by atoms with Gasteiger partial charge in [0.05, 0.1) is 12.4 Å². The normalized spacial score (nSPS) is 10.2. The molecule has 0 aliphatic carbocycles. The van der Waals surface area contributed by atoms with Gasteiger partial charge in [-0.3, -0.25) is 4.79 Å². The molecule has 0 bridgehead atoms. The second-order valence-electron chi connectivity index (χ2n) is 5.25. The van der Waals surface area contributed by atoms with Crippen LogP contribution in [0.1, 0.15) is 16.1 Å². The molecule has 3 aromatic rings. The molecule has 1 heterocycles. The van der Waals surface area contributed by atoms with Gasteiger partial charge in [0.15, 0.2) is 0 Å². The number of nitrogens with zero attached hydrogens (tertiary/aromatic N) is 2. The number of anilines is 3. The predicted molar refractivity (Wildman–Crippen MR) is 95.9 cm³/mol. The van der Waals surface area contributed by atoms with Crippen LogP contribution in [0.25, 0.3) is 0 Å². The Balaban J connectivity index is 1.68. The molecule has 1 amide bonds. The van der Waals surface area contributed by atoms with E-state index in [0.717, 1.165) is 11.3 Å². The molecule has 6 heteroatoms. The molecule has 0 fully saturated rings. The average Bonchev–Trinajstić information content (AvgIpc) is 2.55. The minimum Gasteiger partial charge on any atom is -0.339 e. The van der Waals surface area contributed by atoms with Gasteiger partial charge in [-0.25, -0.2) is 9.97 Å². The molecule has 0 aliphatic rings. The van der Waals surface area contributed by atoms with Gasteiger partial charge in [-0.2, -0.15) is 0 Å². The minimum absolute atomic E-state index is 0.227. The van der Waals surface area contributed by atoms with Crippen molar-refractivity contribution in [2.24, 2.45) is 0 Å². The first-order chi connectivity index (χ1) is 11.6. The third-order valence-corrected chi connectivity index (χ3v) is 3.49. The van der Waals surface area contributed by atoms with E-state index in [4.69, 9.17) is 11.6 Å². The smallest absolute Gasteiger partial charge is 0.275 e. The highest BCUT2D eigenvalue weighted by Gasteiger charge is 2.09. The Morgan fingerprint density at radius 3 is 2.50 bits per heavy atom. The van der Waals surface area contributed by atoms with Crippen LogP contribution in [0.2, 0.25) is 5.02 Å². The third kappa shape index (κ3) is 4.08. The summed E-state index contributed by atoms with van der Waals surface area (Å²) >= 11 is 5.90. The summed E-state index contributed by atoms with van der Waals surface area (Å²) in [5.74, 6) is 0.228. The highest BCUT2D eigenvalue weighted by molar-refractivity contribution is 6.30. The van der Waals surface area contributed by atoms with Gasteiger partial charge in [0.2, 0.25) is 0 Å². The summed E-state index contributed by atoms with van der Waals surface area (Å²) in [4.78, 5) is 20.5. The molecule has 0 aliphatic heterocycles. The Bertz CT molecular complexity index is 865. The largest absolute Gasteiger partial charge is 0.339 e. The van der Waals surface area contributed by atoms with Crippen molar-refractivity contribution in [3.8, 4) is 0 Å². The molecule has 0 saturated heterocycles. The zero-order valence-corrected chi connectivity index (χ0v) is 13.7. The van der Waals surface area contributed by atoms with Gasteiger partial charge in [0.1, 0.15) is 11.5 Å². The molecule has 2 N–H and O–H groups in total. The number of amides is 1. The first-order valence-corrected chi connectivity index (χ1v) is 7.70. The summed E-state index contributed by atoms with van der Waals surface area (Å²) in [6.07, 6.45) is 2.95. The highest BCUT2D eigenvalue weighted by atomic mass is 35.5. The van der Waals surface area contributed by atoms with Crippen molar-refractivity contribution in [3.63, 3.8) is 0 Å². The van der Waals surface area contributed by atoms with Crippen LogP contribution in [0, 0.1) is 6.92 Å². The third-order valence-electron chi connectivity index (χ3n) is 3.26. The predicted octanol–water partition coefficient (Wildman–Crippen LogP) is 4.43. The van der Waals surface area contributed by atoms with Gasteiger partial charge >= 0.3 is 0 Å². The molecule has 24 heavy (non-hydrogen) atoms. The lowest BCUT2D eigenvalue weighted by Gasteiger charge is -2.07. The summed E-state index contributed by atoms with van der Waals surface area (Å²) in [7, 11) is 0. The van der Waals surface area contributed by atoms with Crippen LogP contribution in [0.3, 0.4) is 0 Å². The highest BCUT2D eigenvalue weighted by Crippen LogP contribution is 2.17. The molecule has 1 aromatic heterocycles. The van der Waals surface area contributed by atoms with Crippen LogP contribution >= 0.6 is 11.6 Å². The van der Waals surface area contributed by atoms with Crippen molar-refractivity contribution >= 4 is 34.7 Å². The van der Waals surface area contributed by atoms with Gasteiger partial charge in [-0.15, -0.1) is 0 Å². The van der Waals surface area contributed by atoms with Crippen LogP contribution < -0.4 is 10.6 Å². The molecule has 3 rings (SSSR count). The molecular weight excluding hydrogens is 324 g/mol. The molecule has 2 aromatic carbocycles. The number of hydrogen-bond acceptors (Lipinski definition) is 4. The SMILES string of the molecule is Cc1cccc(Nc2cnc(C(=O)Nc3cccc(Cl)c3)cn2)c1. The first-order valence-electron chi connectivity index (χ1n) is 7.33. The number of aryl methyl sites for hydroxylation is 1. The van der Waals surface area contributed by atoms with Gasteiger partial charge in [0.25, 0.3) is 5.91 Å². The van der Waals surface area contributed by atoms with Crippen LogP contribution in [-0.2, 0) is 0 Å². The van der Waals surface area contributed by atoms with Crippen molar-refractivity contribution in [2.45, 2.75) is 6.92 Å².